The van der Waals surface area contributed by atoms with Crippen LogP contribution < -0.4 is 24.4 Å². The fraction of sp³-hybridized carbons (Fsp3) is 0.333. The lowest BCUT2D eigenvalue weighted by molar-refractivity contribution is 0.103. The summed E-state index contributed by atoms with van der Waals surface area (Å²) < 4.78 is 40.2. The summed E-state index contributed by atoms with van der Waals surface area (Å²) in [5.41, 5.74) is 3.65. The number of benzene rings is 4. The second kappa shape index (κ2) is 14.5. The van der Waals surface area contributed by atoms with Gasteiger partial charge in [0.25, 0.3) is 10.0 Å². The third-order valence-electron chi connectivity index (χ3n) is 8.45. The number of anilines is 2. The predicted octanol–water partition coefficient (Wildman–Crippen LogP) is 6.30. The molecule has 10 heteroatoms. The monoisotopic (exact) mass is 642 g/mol. The highest BCUT2D eigenvalue weighted by atomic mass is 32.2. The van der Waals surface area contributed by atoms with Crippen LogP contribution in [0.15, 0.2) is 95.9 Å². The minimum absolute atomic E-state index is 0.192. The Balaban J connectivity index is 0.945. The number of H-pyrrole nitrogens is 1. The maximum Gasteiger partial charge on any atom is 0.261 e. The number of sulfonamides is 1. The normalized spacial score (nSPS) is 14.9. The molecule has 1 atom stereocenters. The van der Waals surface area contributed by atoms with E-state index in [0.717, 1.165) is 72.0 Å². The molecule has 0 aliphatic carbocycles. The number of rotatable bonds is 14. The first kappa shape index (κ1) is 31.7. The van der Waals surface area contributed by atoms with Crippen molar-refractivity contribution in [3.05, 3.63) is 91.0 Å². The zero-order chi connectivity index (χ0) is 31.9. The Labute approximate surface area is 270 Å². The molecule has 1 fully saturated rings. The number of nitrogens with one attached hydrogen (secondary N) is 3. The number of ether oxygens (including phenoxy) is 2. The van der Waals surface area contributed by atoms with E-state index in [1.807, 2.05) is 42.5 Å². The average molecular weight is 643 g/mol. The Hall–Kier alpha value is -4.25. The summed E-state index contributed by atoms with van der Waals surface area (Å²) in [4.78, 5) is 5.92. The smallest absolute Gasteiger partial charge is 0.261 e. The molecule has 1 saturated heterocycles. The van der Waals surface area contributed by atoms with Crippen molar-refractivity contribution in [2.75, 3.05) is 42.5 Å². The van der Waals surface area contributed by atoms with Crippen LogP contribution in [0.1, 0.15) is 32.6 Å². The van der Waals surface area contributed by atoms with Gasteiger partial charge in [0.1, 0.15) is 24.2 Å². The van der Waals surface area contributed by atoms with E-state index in [4.69, 9.17) is 9.47 Å². The molecule has 1 aliphatic rings. The summed E-state index contributed by atoms with van der Waals surface area (Å²) >= 11 is 0. The Morgan fingerprint density at radius 1 is 0.913 bits per heavy atom. The Morgan fingerprint density at radius 2 is 1.65 bits per heavy atom. The van der Waals surface area contributed by atoms with Crippen LogP contribution in [0.25, 0.3) is 21.8 Å². The lowest BCUT2D eigenvalue weighted by Crippen LogP contribution is -2.45. The van der Waals surface area contributed by atoms with Crippen molar-refractivity contribution < 1.29 is 23.0 Å². The number of fused-ring (bicyclic) bond motifs is 3. The minimum Gasteiger partial charge on any atom is -0.494 e. The third-order valence-corrected chi connectivity index (χ3v) is 9.84. The number of aromatic amines is 1. The van der Waals surface area contributed by atoms with Crippen LogP contribution >= 0.6 is 0 Å². The van der Waals surface area contributed by atoms with Crippen LogP contribution in [0.5, 0.6) is 11.5 Å². The van der Waals surface area contributed by atoms with Crippen molar-refractivity contribution in [3.63, 3.8) is 0 Å². The van der Waals surface area contributed by atoms with E-state index in [9.17, 15) is 13.5 Å². The van der Waals surface area contributed by atoms with Crippen molar-refractivity contribution >= 4 is 43.2 Å². The molecule has 2 heterocycles. The molecular weight excluding hydrogens is 600 g/mol. The number of para-hydroxylation sites is 1. The molecule has 0 amide bonds. The molecule has 0 bridgehead atoms. The second-order valence-electron chi connectivity index (χ2n) is 11.8. The molecule has 6 rings (SSSR count). The average Bonchev–Trinajstić information content (AvgIpc) is 3.47. The lowest BCUT2D eigenvalue weighted by Gasteiger charge is -2.34. The van der Waals surface area contributed by atoms with Gasteiger partial charge in [0.2, 0.25) is 0 Å². The van der Waals surface area contributed by atoms with Crippen LogP contribution in [0.3, 0.4) is 0 Å². The molecule has 0 radical (unpaired) electrons. The fourth-order valence-corrected chi connectivity index (χ4v) is 6.94. The number of hydrogen-bond acceptors (Lipinski definition) is 7. The molecule has 5 aromatic rings. The second-order valence-corrected chi connectivity index (χ2v) is 13.5. The van der Waals surface area contributed by atoms with Crippen LogP contribution in [-0.4, -0.2) is 63.5 Å². The quantitative estimate of drug-likeness (QED) is 0.105. The zero-order valence-corrected chi connectivity index (χ0v) is 26.9. The van der Waals surface area contributed by atoms with E-state index < -0.39 is 16.1 Å². The molecule has 9 nitrogen and oxygen atoms in total. The highest BCUT2D eigenvalue weighted by Gasteiger charge is 2.21. The summed E-state index contributed by atoms with van der Waals surface area (Å²) in [5, 5.41) is 16.3. The van der Waals surface area contributed by atoms with Gasteiger partial charge < -0.3 is 29.8 Å². The first-order valence-electron chi connectivity index (χ1n) is 16.0. The first-order valence-corrected chi connectivity index (χ1v) is 17.5. The predicted molar refractivity (Wildman–Crippen MR) is 185 cm³/mol. The maximum absolute atomic E-state index is 12.9. The Bertz CT molecular complexity index is 1830. The summed E-state index contributed by atoms with van der Waals surface area (Å²) in [6.45, 7) is 5.11. The van der Waals surface area contributed by atoms with Gasteiger partial charge in [-0.25, -0.2) is 8.42 Å². The molecule has 242 valence electrons. The van der Waals surface area contributed by atoms with Crippen molar-refractivity contribution in [2.24, 2.45) is 0 Å². The van der Waals surface area contributed by atoms with Crippen LogP contribution in [0.4, 0.5) is 11.4 Å². The van der Waals surface area contributed by atoms with E-state index in [2.05, 4.69) is 39.0 Å². The number of piperidine rings is 1. The Kier molecular flexibility index (Phi) is 9.97. The van der Waals surface area contributed by atoms with Crippen LogP contribution in [-0.2, 0) is 10.0 Å². The maximum atomic E-state index is 12.9. The van der Waals surface area contributed by atoms with Gasteiger partial charge in [0.15, 0.2) is 0 Å². The van der Waals surface area contributed by atoms with E-state index in [1.54, 1.807) is 36.4 Å². The molecule has 4 N–H and O–H groups in total. The standard InChI is InChI=1S/C36H42N4O5S/c1-2-3-23-44-30-15-17-31(18-16-30)46(42,43)39-27-11-13-28(14-12-27)40-21-19-26(20-22-40)37-24-29(41)25-45-35-10-6-9-34-36(35)32-7-4-5-8-33(32)38-34/h4-18,26,29,37-39,41H,2-3,19-25H2,1H3/t29-/m0/s1. The SMILES string of the molecule is CCCCOc1ccc(S(=O)(=O)Nc2ccc(N3CCC(NC[C@H](O)COc4cccc5[nH]c6ccccc6c45)CC3)cc2)cc1. The van der Waals surface area contributed by atoms with Gasteiger partial charge in [-0.15, -0.1) is 0 Å². The van der Waals surface area contributed by atoms with Crippen LogP contribution in [0.2, 0.25) is 0 Å². The Morgan fingerprint density at radius 3 is 2.41 bits per heavy atom. The van der Waals surface area contributed by atoms with E-state index in [0.29, 0.717) is 30.6 Å². The van der Waals surface area contributed by atoms with Gasteiger partial charge in [-0.3, -0.25) is 4.72 Å². The number of aliphatic hydroxyl groups is 1. The molecular formula is C36H42N4O5S. The van der Waals surface area contributed by atoms with E-state index >= 15 is 0 Å². The summed E-state index contributed by atoms with van der Waals surface area (Å²) in [7, 11) is -3.71. The van der Waals surface area contributed by atoms with E-state index in [-0.39, 0.29) is 11.5 Å². The lowest BCUT2D eigenvalue weighted by atomic mass is 10.0. The zero-order valence-electron chi connectivity index (χ0n) is 26.1. The molecule has 4 aromatic carbocycles. The van der Waals surface area contributed by atoms with Gasteiger partial charge in [0, 0.05) is 53.3 Å². The van der Waals surface area contributed by atoms with Crippen molar-refractivity contribution in [1.29, 1.82) is 0 Å². The number of hydrogen-bond donors (Lipinski definition) is 4. The van der Waals surface area contributed by atoms with Gasteiger partial charge in [-0.2, -0.15) is 0 Å². The van der Waals surface area contributed by atoms with Crippen molar-refractivity contribution in [1.82, 2.24) is 10.3 Å². The first-order chi connectivity index (χ1) is 22.4. The van der Waals surface area contributed by atoms with Crippen molar-refractivity contribution in [2.45, 2.75) is 49.6 Å². The summed E-state index contributed by atoms with van der Waals surface area (Å²) in [5.74, 6) is 1.43. The van der Waals surface area contributed by atoms with Gasteiger partial charge >= 0.3 is 0 Å². The topological polar surface area (TPSA) is 116 Å². The highest BCUT2D eigenvalue weighted by Crippen LogP contribution is 2.33. The van der Waals surface area contributed by atoms with E-state index in [1.165, 1.54) is 0 Å². The fourth-order valence-electron chi connectivity index (χ4n) is 5.88. The molecule has 1 aromatic heterocycles. The number of aromatic nitrogens is 1. The molecule has 0 unspecified atom stereocenters. The number of nitrogens with zero attached hydrogens (tertiary/aromatic N) is 1. The van der Waals surface area contributed by atoms with Gasteiger partial charge in [-0.05, 0) is 86.0 Å². The largest absolute Gasteiger partial charge is 0.494 e. The van der Waals surface area contributed by atoms with Crippen LogP contribution in [0, 0.1) is 0 Å². The number of aliphatic hydroxyl groups excluding tert-OH is 1. The van der Waals surface area contributed by atoms with Gasteiger partial charge in [0.05, 0.1) is 17.0 Å². The highest BCUT2D eigenvalue weighted by molar-refractivity contribution is 7.92. The molecule has 1 aliphatic heterocycles. The number of unbranched alkanes of at least 4 members (excludes halogenated alkanes) is 1. The molecule has 0 saturated carbocycles. The molecule has 46 heavy (non-hydrogen) atoms. The van der Waals surface area contributed by atoms with Crippen molar-refractivity contribution in [3.8, 4) is 11.5 Å². The summed E-state index contributed by atoms with van der Waals surface area (Å²) in [6, 6.07) is 28.4. The third kappa shape index (κ3) is 7.58. The molecule has 0 spiro atoms. The van der Waals surface area contributed by atoms with Gasteiger partial charge in [-0.1, -0.05) is 37.6 Å². The summed E-state index contributed by atoms with van der Waals surface area (Å²) in [6.07, 6.45) is 3.24. The minimum atomic E-state index is -3.71.